The monoisotopic (exact) mass is 259 g/mol. The summed E-state index contributed by atoms with van der Waals surface area (Å²) in [6.07, 6.45) is 0. The van der Waals surface area contributed by atoms with E-state index in [4.69, 9.17) is 5.73 Å². The van der Waals surface area contributed by atoms with E-state index >= 15 is 0 Å². The molecule has 0 amide bonds. The van der Waals surface area contributed by atoms with Gasteiger partial charge in [0.15, 0.2) is 0 Å². The third-order valence-electron chi connectivity index (χ3n) is 2.28. The number of tetrazole rings is 1. The van der Waals surface area contributed by atoms with E-state index < -0.39 is 0 Å². The van der Waals surface area contributed by atoms with Crippen LogP contribution >= 0.6 is 11.8 Å². The molecule has 2 rings (SSSR count). The quantitative estimate of drug-likeness (QED) is 0.652. The Balaban J connectivity index is 2.12. The first-order chi connectivity index (χ1) is 8.81. The fraction of sp³-hybridized carbons (Fsp3) is 0.250. The highest BCUT2D eigenvalue weighted by atomic mass is 32.2. The van der Waals surface area contributed by atoms with Crippen LogP contribution in [0.4, 0.5) is 0 Å². The van der Waals surface area contributed by atoms with Gasteiger partial charge in [0.05, 0.1) is 6.54 Å². The normalized spacial score (nSPS) is 9.89. The van der Waals surface area contributed by atoms with E-state index in [0.29, 0.717) is 6.54 Å². The summed E-state index contributed by atoms with van der Waals surface area (Å²) in [6, 6.07) is 8.02. The SMILES string of the molecule is Cn1nnnc1SCc1ccccc1C#CCN. The second-order valence-corrected chi connectivity index (χ2v) is 4.48. The van der Waals surface area contributed by atoms with Crippen molar-refractivity contribution in [2.45, 2.75) is 10.9 Å². The molecule has 0 saturated carbocycles. The molecule has 18 heavy (non-hydrogen) atoms. The van der Waals surface area contributed by atoms with Gasteiger partial charge in [-0.25, -0.2) is 4.68 Å². The molecule has 0 atom stereocenters. The number of hydrogen-bond donors (Lipinski definition) is 1. The van der Waals surface area contributed by atoms with Gasteiger partial charge in [-0.1, -0.05) is 41.8 Å². The molecular weight excluding hydrogens is 246 g/mol. The van der Waals surface area contributed by atoms with Crippen molar-refractivity contribution in [2.75, 3.05) is 6.54 Å². The van der Waals surface area contributed by atoms with E-state index in [1.54, 1.807) is 16.4 Å². The summed E-state index contributed by atoms with van der Waals surface area (Å²) in [4.78, 5) is 0. The topological polar surface area (TPSA) is 69.6 Å². The minimum Gasteiger partial charge on any atom is -0.320 e. The average Bonchev–Trinajstić information content (AvgIpc) is 2.80. The lowest BCUT2D eigenvalue weighted by atomic mass is 10.1. The molecule has 1 aromatic carbocycles. The van der Waals surface area contributed by atoms with Gasteiger partial charge in [0.1, 0.15) is 0 Å². The molecule has 5 nitrogen and oxygen atoms in total. The lowest BCUT2D eigenvalue weighted by molar-refractivity contribution is 0.664. The molecule has 0 aliphatic heterocycles. The molecule has 6 heteroatoms. The summed E-state index contributed by atoms with van der Waals surface area (Å²) < 4.78 is 1.65. The standard InChI is InChI=1S/C12H13N5S/c1-17-12(14-15-16-17)18-9-11-6-3-2-5-10(11)7-4-8-13/h2-3,5-6H,8-9,13H2,1H3. The number of nitrogens with two attached hydrogens (primary N) is 1. The first-order valence-electron chi connectivity index (χ1n) is 5.43. The van der Waals surface area contributed by atoms with Gasteiger partial charge in [-0.05, 0) is 22.1 Å². The zero-order chi connectivity index (χ0) is 12.8. The van der Waals surface area contributed by atoms with E-state index in [2.05, 4.69) is 33.4 Å². The molecule has 0 aliphatic carbocycles. The van der Waals surface area contributed by atoms with Gasteiger partial charge < -0.3 is 5.73 Å². The highest BCUT2D eigenvalue weighted by molar-refractivity contribution is 7.98. The average molecular weight is 259 g/mol. The molecular formula is C12H13N5S. The number of hydrogen-bond acceptors (Lipinski definition) is 5. The smallest absolute Gasteiger partial charge is 0.209 e. The number of aromatic nitrogens is 4. The second kappa shape index (κ2) is 6.19. The number of thioether (sulfide) groups is 1. The Morgan fingerprint density at radius 1 is 1.39 bits per heavy atom. The fourth-order valence-corrected chi connectivity index (χ4v) is 2.25. The Bertz CT molecular complexity index is 581. The summed E-state index contributed by atoms with van der Waals surface area (Å²) >= 11 is 1.58. The van der Waals surface area contributed by atoms with Crippen molar-refractivity contribution in [1.82, 2.24) is 20.2 Å². The van der Waals surface area contributed by atoms with E-state index in [9.17, 15) is 0 Å². The summed E-state index contributed by atoms with van der Waals surface area (Å²) in [7, 11) is 1.82. The predicted octanol–water partition coefficient (Wildman–Crippen LogP) is 0.813. The van der Waals surface area contributed by atoms with Crippen LogP contribution < -0.4 is 5.73 Å². The van der Waals surface area contributed by atoms with Gasteiger partial charge in [0, 0.05) is 18.4 Å². The van der Waals surface area contributed by atoms with Gasteiger partial charge in [-0.15, -0.1) is 5.10 Å². The van der Waals surface area contributed by atoms with Crippen LogP contribution in [0.3, 0.4) is 0 Å². The van der Waals surface area contributed by atoms with Crippen molar-refractivity contribution in [1.29, 1.82) is 0 Å². The molecule has 0 bridgehead atoms. The molecule has 1 aromatic heterocycles. The number of aryl methyl sites for hydroxylation is 1. The number of nitrogens with zero attached hydrogens (tertiary/aromatic N) is 4. The molecule has 0 aliphatic rings. The second-order valence-electron chi connectivity index (χ2n) is 3.54. The van der Waals surface area contributed by atoms with Crippen LogP contribution in [0, 0.1) is 11.8 Å². The van der Waals surface area contributed by atoms with E-state index in [-0.39, 0.29) is 0 Å². The zero-order valence-corrected chi connectivity index (χ0v) is 10.8. The molecule has 0 unspecified atom stereocenters. The molecule has 0 spiro atoms. The van der Waals surface area contributed by atoms with Crippen LogP contribution in [-0.4, -0.2) is 26.8 Å². The third-order valence-corrected chi connectivity index (χ3v) is 3.34. The lowest BCUT2D eigenvalue weighted by Crippen LogP contribution is -1.95. The molecule has 1 heterocycles. The maximum absolute atomic E-state index is 5.39. The molecule has 0 radical (unpaired) electrons. The van der Waals surface area contributed by atoms with E-state index in [0.717, 1.165) is 22.0 Å². The molecule has 0 saturated heterocycles. The van der Waals surface area contributed by atoms with Crippen molar-refractivity contribution in [3.05, 3.63) is 35.4 Å². The van der Waals surface area contributed by atoms with Crippen LogP contribution in [0.25, 0.3) is 0 Å². The van der Waals surface area contributed by atoms with Gasteiger partial charge >= 0.3 is 0 Å². The fourth-order valence-electron chi connectivity index (χ4n) is 1.40. The molecule has 92 valence electrons. The highest BCUT2D eigenvalue weighted by Gasteiger charge is 2.05. The van der Waals surface area contributed by atoms with Gasteiger partial charge in [0.25, 0.3) is 0 Å². The third kappa shape index (κ3) is 3.09. The van der Waals surface area contributed by atoms with Crippen LogP contribution in [0.15, 0.2) is 29.4 Å². The van der Waals surface area contributed by atoms with E-state index in [1.807, 2.05) is 25.2 Å². The molecule has 0 fully saturated rings. The number of benzene rings is 1. The van der Waals surface area contributed by atoms with Crippen LogP contribution in [0.1, 0.15) is 11.1 Å². The first-order valence-corrected chi connectivity index (χ1v) is 6.42. The van der Waals surface area contributed by atoms with Gasteiger partial charge in [-0.2, -0.15) is 0 Å². The Kier molecular flexibility index (Phi) is 4.34. The minimum atomic E-state index is 0.370. The maximum Gasteiger partial charge on any atom is 0.209 e. The van der Waals surface area contributed by atoms with Crippen molar-refractivity contribution in [3.8, 4) is 11.8 Å². The summed E-state index contributed by atoms with van der Waals surface area (Å²) in [6.45, 7) is 0.370. The number of rotatable bonds is 3. The maximum atomic E-state index is 5.39. The summed E-state index contributed by atoms with van der Waals surface area (Å²) in [5.74, 6) is 6.72. The van der Waals surface area contributed by atoms with E-state index in [1.165, 1.54) is 0 Å². The van der Waals surface area contributed by atoms with Gasteiger partial charge in [0.2, 0.25) is 5.16 Å². The Labute approximate surface area is 110 Å². The minimum absolute atomic E-state index is 0.370. The van der Waals surface area contributed by atoms with Crippen molar-refractivity contribution >= 4 is 11.8 Å². The Hall–Kier alpha value is -1.84. The van der Waals surface area contributed by atoms with Crippen molar-refractivity contribution in [2.24, 2.45) is 12.8 Å². The largest absolute Gasteiger partial charge is 0.320 e. The van der Waals surface area contributed by atoms with Crippen molar-refractivity contribution < 1.29 is 0 Å². The van der Waals surface area contributed by atoms with Crippen LogP contribution in [0.5, 0.6) is 0 Å². The first kappa shape index (κ1) is 12.6. The zero-order valence-electron chi connectivity index (χ0n) is 10.00. The Morgan fingerprint density at radius 3 is 2.94 bits per heavy atom. The molecule has 2 N–H and O–H groups in total. The highest BCUT2D eigenvalue weighted by Crippen LogP contribution is 2.21. The summed E-state index contributed by atoms with van der Waals surface area (Å²) in [5, 5.41) is 12.1. The Morgan fingerprint density at radius 2 is 2.22 bits per heavy atom. The molecule has 2 aromatic rings. The predicted molar refractivity (Wildman–Crippen MR) is 70.7 cm³/mol. The van der Waals surface area contributed by atoms with Crippen molar-refractivity contribution in [3.63, 3.8) is 0 Å². The summed E-state index contributed by atoms with van der Waals surface area (Å²) in [5.41, 5.74) is 7.55. The lowest BCUT2D eigenvalue weighted by Gasteiger charge is -2.03. The van der Waals surface area contributed by atoms with Crippen LogP contribution in [-0.2, 0) is 12.8 Å². The van der Waals surface area contributed by atoms with Gasteiger partial charge in [-0.3, -0.25) is 0 Å². The van der Waals surface area contributed by atoms with Crippen LogP contribution in [0.2, 0.25) is 0 Å².